The molecule has 0 aliphatic carbocycles. The Labute approximate surface area is 108 Å². The quantitative estimate of drug-likeness (QED) is 0.659. The van der Waals surface area contributed by atoms with Crippen LogP contribution in [0, 0.1) is 0 Å². The molecule has 1 fully saturated rings. The zero-order valence-electron chi connectivity index (χ0n) is 11.4. The van der Waals surface area contributed by atoms with E-state index in [0.29, 0.717) is 19.7 Å². The molecule has 1 aliphatic rings. The highest BCUT2D eigenvalue weighted by Gasteiger charge is 2.28. The third-order valence-corrected chi connectivity index (χ3v) is 2.78. The molecule has 0 aromatic heterocycles. The van der Waals surface area contributed by atoms with Crippen LogP contribution in [-0.2, 0) is 14.3 Å². The van der Waals surface area contributed by atoms with Crippen LogP contribution in [0.25, 0.3) is 0 Å². The van der Waals surface area contributed by atoms with Gasteiger partial charge >= 0.3 is 11.8 Å². The van der Waals surface area contributed by atoms with Gasteiger partial charge in [-0.15, -0.1) is 0 Å². The van der Waals surface area contributed by atoms with Crippen molar-refractivity contribution >= 4 is 11.8 Å². The largest absolute Gasteiger partial charge is 0.382 e. The van der Waals surface area contributed by atoms with Crippen molar-refractivity contribution in [2.75, 3.05) is 39.9 Å². The monoisotopic (exact) mass is 257 g/mol. The third kappa shape index (κ3) is 4.62. The molecule has 0 spiro atoms. The third-order valence-electron chi connectivity index (χ3n) is 2.78. The Bertz CT molecular complexity index is 297. The van der Waals surface area contributed by atoms with E-state index in [1.54, 1.807) is 12.0 Å². The number of nitrogens with one attached hydrogen (secondary N) is 2. The van der Waals surface area contributed by atoms with Gasteiger partial charge in [0.2, 0.25) is 0 Å². The number of carbonyl (C=O) groups excluding carboxylic acids is 2. The minimum atomic E-state index is -0.557. The van der Waals surface area contributed by atoms with E-state index in [9.17, 15) is 9.59 Å². The van der Waals surface area contributed by atoms with Gasteiger partial charge in [-0.1, -0.05) is 0 Å². The van der Waals surface area contributed by atoms with Gasteiger partial charge in [0.1, 0.15) is 0 Å². The number of hydrogen-bond donors (Lipinski definition) is 2. The molecular formula is C12H23N3O3. The molecule has 0 aromatic carbocycles. The van der Waals surface area contributed by atoms with Crippen LogP contribution in [0.1, 0.15) is 20.3 Å². The van der Waals surface area contributed by atoms with Crippen molar-refractivity contribution in [2.24, 2.45) is 0 Å². The Morgan fingerprint density at radius 2 is 2.06 bits per heavy atom. The van der Waals surface area contributed by atoms with Crippen molar-refractivity contribution in [2.45, 2.75) is 25.8 Å². The van der Waals surface area contributed by atoms with E-state index in [4.69, 9.17) is 4.74 Å². The Hall–Kier alpha value is -1.14. The van der Waals surface area contributed by atoms with E-state index in [2.05, 4.69) is 10.6 Å². The molecule has 1 heterocycles. The van der Waals surface area contributed by atoms with Crippen LogP contribution in [0.3, 0.4) is 0 Å². The van der Waals surface area contributed by atoms with Crippen molar-refractivity contribution in [3.63, 3.8) is 0 Å². The summed E-state index contributed by atoms with van der Waals surface area (Å²) in [6.07, 6.45) is 0.875. The lowest BCUT2D eigenvalue weighted by Gasteiger charge is -2.27. The van der Waals surface area contributed by atoms with Crippen molar-refractivity contribution in [1.29, 1.82) is 0 Å². The summed E-state index contributed by atoms with van der Waals surface area (Å²) in [6, 6.07) is 0. The fourth-order valence-corrected chi connectivity index (χ4v) is 1.95. The Morgan fingerprint density at radius 1 is 1.33 bits per heavy atom. The molecule has 6 nitrogen and oxygen atoms in total. The van der Waals surface area contributed by atoms with Crippen molar-refractivity contribution in [1.82, 2.24) is 15.5 Å². The number of methoxy groups -OCH3 is 1. The lowest BCUT2D eigenvalue weighted by molar-refractivity contribution is -0.146. The first-order valence-electron chi connectivity index (χ1n) is 6.27. The molecule has 0 radical (unpaired) electrons. The summed E-state index contributed by atoms with van der Waals surface area (Å²) in [6.45, 7) is 6.85. The highest BCUT2D eigenvalue weighted by molar-refractivity contribution is 6.35. The standard InChI is InChI=1S/C12H23N3O3/c1-12(2,9-18-3)14-10(16)11(17)15-7-4-5-13-6-8-15/h13H,4-9H2,1-3H3,(H,14,16). The molecule has 2 amide bonds. The first-order chi connectivity index (χ1) is 8.46. The molecule has 0 atom stereocenters. The first kappa shape index (κ1) is 14.9. The van der Waals surface area contributed by atoms with E-state index < -0.39 is 17.4 Å². The van der Waals surface area contributed by atoms with Crippen LogP contribution in [0.2, 0.25) is 0 Å². The zero-order chi connectivity index (χ0) is 13.6. The van der Waals surface area contributed by atoms with Gasteiger partial charge in [-0.2, -0.15) is 0 Å². The Kier molecular flexibility index (Phi) is 5.55. The van der Waals surface area contributed by atoms with Gasteiger partial charge < -0.3 is 20.3 Å². The SMILES string of the molecule is COCC(C)(C)NC(=O)C(=O)N1CCCNCC1. The Morgan fingerprint density at radius 3 is 2.72 bits per heavy atom. The van der Waals surface area contributed by atoms with Gasteiger partial charge in [0.15, 0.2) is 0 Å². The maximum absolute atomic E-state index is 12.0. The highest BCUT2D eigenvalue weighted by Crippen LogP contribution is 2.03. The number of ether oxygens (including phenoxy) is 1. The molecule has 0 unspecified atom stereocenters. The van der Waals surface area contributed by atoms with Crippen LogP contribution in [-0.4, -0.2) is 62.1 Å². The molecule has 2 N–H and O–H groups in total. The lowest BCUT2D eigenvalue weighted by Crippen LogP contribution is -2.53. The van der Waals surface area contributed by atoms with Crippen molar-refractivity contribution in [3.05, 3.63) is 0 Å². The lowest BCUT2D eigenvalue weighted by atomic mass is 10.1. The summed E-state index contributed by atoms with van der Waals surface area (Å²) in [5.74, 6) is -1.01. The number of carbonyl (C=O) groups is 2. The fraction of sp³-hybridized carbons (Fsp3) is 0.833. The van der Waals surface area contributed by atoms with E-state index in [0.717, 1.165) is 19.5 Å². The average molecular weight is 257 g/mol. The van der Waals surface area contributed by atoms with E-state index in [1.807, 2.05) is 13.8 Å². The summed E-state index contributed by atoms with van der Waals surface area (Å²) in [5.41, 5.74) is -0.536. The normalized spacial score (nSPS) is 17.2. The van der Waals surface area contributed by atoms with Gasteiger partial charge in [-0.3, -0.25) is 9.59 Å². The van der Waals surface area contributed by atoms with Crippen LogP contribution in [0.15, 0.2) is 0 Å². The molecule has 6 heteroatoms. The summed E-state index contributed by atoms with van der Waals surface area (Å²) >= 11 is 0. The molecule has 0 saturated carbocycles. The summed E-state index contributed by atoms with van der Waals surface area (Å²) in [5, 5.41) is 5.89. The summed E-state index contributed by atoms with van der Waals surface area (Å²) in [4.78, 5) is 25.4. The molecule has 1 aliphatic heterocycles. The number of amides is 2. The molecule has 18 heavy (non-hydrogen) atoms. The van der Waals surface area contributed by atoms with Gasteiger partial charge in [-0.25, -0.2) is 0 Å². The van der Waals surface area contributed by atoms with Crippen LogP contribution in [0.4, 0.5) is 0 Å². The van der Waals surface area contributed by atoms with Gasteiger partial charge in [0.05, 0.1) is 12.1 Å². The van der Waals surface area contributed by atoms with Crippen LogP contribution < -0.4 is 10.6 Å². The van der Waals surface area contributed by atoms with Gasteiger partial charge in [0, 0.05) is 26.7 Å². The Balaban J connectivity index is 2.52. The first-order valence-corrected chi connectivity index (χ1v) is 6.27. The topological polar surface area (TPSA) is 70.7 Å². The predicted octanol–water partition coefficient (Wildman–Crippen LogP) is -0.650. The number of hydrogen-bond acceptors (Lipinski definition) is 4. The minimum absolute atomic E-state index is 0.369. The second-order valence-electron chi connectivity index (χ2n) is 5.17. The number of rotatable bonds is 3. The van der Waals surface area contributed by atoms with Gasteiger partial charge in [0.25, 0.3) is 0 Å². The summed E-state index contributed by atoms with van der Waals surface area (Å²) in [7, 11) is 1.57. The average Bonchev–Trinajstić information content (AvgIpc) is 2.55. The van der Waals surface area contributed by atoms with Crippen LogP contribution in [0.5, 0.6) is 0 Å². The second kappa shape index (κ2) is 6.70. The van der Waals surface area contributed by atoms with Crippen molar-refractivity contribution < 1.29 is 14.3 Å². The second-order valence-corrected chi connectivity index (χ2v) is 5.17. The van der Waals surface area contributed by atoms with Gasteiger partial charge in [-0.05, 0) is 26.8 Å². The molecule has 104 valence electrons. The molecule has 1 rings (SSSR count). The fourth-order valence-electron chi connectivity index (χ4n) is 1.95. The van der Waals surface area contributed by atoms with E-state index >= 15 is 0 Å². The highest BCUT2D eigenvalue weighted by atomic mass is 16.5. The molecule has 0 aromatic rings. The predicted molar refractivity (Wildman–Crippen MR) is 68.2 cm³/mol. The maximum Gasteiger partial charge on any atom is 0.311 e. The van der Waals surface area contributed by atoms with E-state index in [-0.39, 0.29) is 0 Å². The molecular weight excluding hydrogens is 234 g/mol. The molecule has 0 bridgehead atoms. The minimum Gasteiger partial charge on any atom is -0.382 e. The van der Waals surface area contributed by atoms with Crippen molar-refractivity contribution in [3.8, 4) is 0 Å². The zero-order valence-corrected chi connectivity index (χ0v) is 11.4. The van der Waals surface area contributed by atoms with E-state index in [1.165, 1.54) is 0 Å². The smallest absolute Gasteiger partial charge is 0.311 e. The maximum atomic E-state index is 12.0. The number of nitrogens with zero attached hydrogens (tertiary/aromatic N) is 1. The summed E-state index contributed by atoms with van der Waals surface area (Å²) < 4.78 is 5.00. The van der Waals surface area contributed by atoms with Crippen LogP contribution >= 0.6 is 0 Å². The molecule has 1 saturated heterocycles.